The molecule has 3 aliphatic rings. The van der Waals surface area contributed by atoms with Crippen molar-refractivity contribution < 1.29 is 23.6 Å². The van der Waals surface area contributed by atoms with Crippen LogP contribution in [0.4, 0.5) is 10.1 Å². The van der Waals surface area contributed by atoms with Crippen molar-refractivity contribution in [2.45, 2.75) is 31.7 Å². The van der Waals surface area contributed by atoms with Gasteiger partial charge >= 0.3 is 0 Å². The SMILES string of the molecule is NC(=O)c1ccc(N2CCC(CN3CC(C#Cc4ccc(C(=O)NC5CCC(=O)NC5=O)c(F)c4)C3)CC2)cc1. The average Bonchev–Trinajstić information content (AvgIpc) is 2.92. The van der Waals surface area contributed by atoms with E-state index in [-0.39, 0.29) is 30.2 Å². The van der Waals surface area contributed by atoms with Crippen molar-refractivity contribution in [2.75, 3.05) is 37.6 Å². The van der Waals surface area contributed by atoms with Crippen molar-refractivity contribution >= 4 is 29.3 Å². The zero-order valence-electron chi connectivity index (χ0n) is 22.1. The Hall–Kier alpha value is -4.23. The molecule has 0 radical (unpaired) electrons. The second kappa shape index (κ2) is 11.9. The molecule has 0 saturated carbocycles. The van der Waals surface area contributed by atoms with E-state index in [9.17, 15) is 23.6 Å². The topological polar surface area (TPSA) is 125 Å². The van der Waals surface area contributed by atoms with Crippen molar-refractivity contribution in [2.24, 2.45) is 17.6 Å². The Balaban J connectivity index is 1.05. The maximum atomic E-state index is 14.6. The molecule has 0 aromatic heterocycles. The molecule has 1 unspecified atom stereocenters. The van der Waals surface area contributed by atoms with Crippen molar-refractivity contribution in [3.8, 4) is 11.8 Å². The maximum absolute atomic E-state index is 14.6. The van der Waals surface area contributed by atoms with E-state index in [2.05, 4.69) is 32.3 Å². The highest BCUT2D eigenvalue weighted by Gasteiger charge is 2.30. The molecule has 5 rings (SSSR count). The van der Waals surface area contributed by atoms with Crippen LogP contribution in [0.1, 0.15) is 52.0 Å². The Morgan fingerprint density at radius 2 is 1.77 bits per heavy atom. The zero-order valence-corrected chi connectivity index (χ0v) is 22.1. The number of hydrogen-bond acceptors (Lipinski definition) is 6. The highest BCUT2D eigenvalue weighted by atomic mass is 19.1. The number of carbonyl (C=O) groups excluding carboxylic acids is 4. The van der Waals surface area contributed by atoms with Gasteiger partial charge < -0.3 is 20.9 Å². The van der Waals surface area contributed by atoms with Crippen molar-refractivity contribution in [1.82, 2.24) is 15.5 Å². The molecule has 0 bridgehead atoms. The lowest BCUT2D eigenvalue weighted by molar-refractivity contribution is -0.134. The average molecular weight is 546 g/mol. The summed E-state index contributed by atoms with van der Waals surface area (Å²) in [4.78, 5) is 51.6. The summed E-state index contributed by atoms with van der Waals surface area (Å²) < 4.78 is 14.6. The van der Waals surface area contributed by atoms with Crippen LogP contribution < -0.4 is 21.3 Å². The minimum absolute atomic E-state index is 0.126. The lowest BCUT2D eigenvalue weighted by Crippen LogP contribution is -2.52. The Morgan fingerprint density at radius 1 is 1.05 bits per heavy atom. The van der Waals surface area contributed by atoms with E-state index in [1.165, 1.54) is 12.1 Å². The molecule has 2 aromatic rings. The summed E-state index contributed by atoms with van der Waals surface area (Å²) in [6.07, 6.45) is 2.52. The van der Waals surface area contributed by atoms with Crippen LogP contribution in [0.3, 0.4) is 0 Å². The van der Waals surface area contributed by atoms with Gasteiger partial charge in [0.2, 0.25) is 17.7 Å². The number of imide groups is 1. The van der Waals surface area contributed by atoms with Gasteiger partial charge in [-0.1, -0.05) is 11.8 Å². The first-order valence-corrected chi connectivity index (χ1v) is 13.6. The molecule has 4 amide bonds. The van der Waals surface area contributed by atoms with Gasteiger partial charge in [0.25, 0.3) is 5.91 Å². The van der Waals surface area contributed by atoms with Gasteiger partial charge in [0.15, 0.2) is 0 Å². The lowest BCUT2D eigenvalue weighted by Gasteiger charge is -2.41. The van der Waals surface area contributed by atoms with Crippen molar-refractivity contribution in [3.63, 3.8) is 0 Å². The molecule has 3 aliphatic heterocycles. The Labute approximate surface area is 232 Å². The zero-order chi connectivity index (χ0) is 28.2. The largest absolute Gasteiger partial charge is 0.372 e. The molecule has 10 heteroatoms. The van der Waals surface area contributed by atoms with Gasteiger partial charge in [-0.15, -0.1) is 0 Å². The van der Waals surface area contributed by atoms with Gasteiger partial charge in [-0.05, 0) is 67.6 Å². The molecule has 1 atom stereocenters. The van der Waals surface area contributed by atoms with E-state index in [0.717, 1.165) is 51.3 Å². The monoisotopic (exact) mass is 545 g/mol. The third kappa shape index (κ3) is 6.49. The number of likely N-dealkylation sites (tertiary alicyclic amines) is 1. The van der Waals surface area contributed by atoms with Crippen LogP contribution >= 0.6 is 0 Å². The highest BCUT2D eigenvalue weighted by molar-refractivity contribution is 6.03. The maximum Gasteiger partial charge on any atom is 0.254 e. The third-order valence-corrected chi connectivity index (χ3v) is 7.78. The van der Waals surface area contributed by atoms with Gasteiger partial charge in [0, 0.05) is 61.9 Å². The fourth-order valence-electron chi connectivity index (χ4n) is 5.42. The summed E-state index contributed by atoms with van der Waals surface area (Å²) >= 11 is 0. The first-order chi connectivity index (χ1) is 19.2. The number of nitrogens with zero attached hydrogens (tertiary/aromatic N) is 2. The van der Waals surface area contributed by atoms with Crippen LogP contribution in [0.25, 0.3) is 0 Å². The number of piperidine rings is 2. The normalized spacial score (nSPS) is 20.2. The van der Waals surface area contributed by atoms with Gasteiger partial charge in [-0.2, -0.15) is 0 Å². The number of benzene rings is 2. The van der Waals surface area contributed by atoms with E-state index in [4.69, 9.17) is 5.73 Å². The first kappa shape index (κ1) is 27.3. The van der Waals surface area contributed by atoms with Crippen LogP contribution in [0, 0.1) is 29.5 Å². The van der Waals surface area contributed by atoms with Crippen molar-refractivity contribution in [3.05, 3.63) is 65.0 Å². The van der Waals surface area contributed by atoms with E-state index in [0.29, 0.717) is 17.0 Å². The van der Waals surface area contributed by atoms with Gasteiger partial charge in [0.1, 0.15) is 11.9 Å². The molecule has 9 nitrogen and oxygen atoms in total. The molecule has 3 saturated heterocycles. The number of halogens is 1. The van der Waals surface area contributed by atoms with E-state index >= 15 is 0 Å². The number of nitrogens with one attached hydrogen (secondary N) is 2. The Morgan fingerprint density at radius 3 is 2.42 bits per heavy atom. The minimum Gasteiger partial charge on any atom is -0.372 e. The van der Waals surface area contributed by atoms with E-state index < -0.39 is 29.6 Å². The quantitative estimate of drug-likeness (QED) is 0.375. The van der Waals surface area contributed by atoms with Crippen LogP contribution in [-0.2, 0) is 9.59 Å². The molecule has 4 N–H and O–H groups in total. The summed E-state index contributed by atoms with van der Waals surface area (Å²) in [7, 11) is 0. The van der Waals surface area contributed by atoms with Gasteiger partial charge in [-0.25, -0.2) is 4.39 Å². The Kier molecular flexibility index (Phi) is 8.12. The van der Waals surface area contributed by atoms with Gasteiger partial charge in [0.05, 0.1) is 5.56 Å². The second-order valence-corrected chi connectivity index (χ2v) is 10.7. The predicted octanol–water partition coefficient (Wildman–Crippen LogP) is 1.66. The van der Waals surface area contributed by atoms with Crippen LogP contribution in [0.5, 0.6) is 0 Å². The van der Waals surface area contributed by atoms with Crippen LogP contribution in [-0.4, -0.2) is 67.3 Å². The second-order valence-electron chi connectivity index (χ2n) is 10.7. The summed E-state index contributed by atoms with van der Waals surface area (Å²) in [5, 5.41) is 4.65. The fraction of sp³-hybridized carbons (Fsp3) is 0.400. The minimum atomic E-state index is -0.861. The molecule has 0 spiro atoms. The summed E-state index contributed by atoms with van der Waals surface area (Å²) in [6.45, 7) is 4.77. The molecular weight excluding hydrogens is 513 g/mol. The first-order valence-electron chi connectivity index (χ1n) is 13.6. The summed E-state index contributed by atoms with van der Waals surface area (Å²) in [5.41, 5.74) is 7.28. The molecule has 0 aliphatic carbocycles. The molecule has 3 fully saturated rings. The number of amides is 4. The summed E-state index contributed by atoms with van der Waals surface area (Å²) in [6, 6.07) is 10.8. The lowest BCUT2D eigenvalue weighted by atomic mass is 9.92. The van der Waals surface area contributed by atoms with E-state index in [1.807, 2.05) is 12.1 Å². The molecule has 208 valence electrons. The van der Waals surface area contributed by atoms with Crippen LogP contribution in [0.2, 0.25) is 0 Å². The number of nitrogens with two attached hydrogens (primary N) is 1. The highest BCUT2D eigenvalue weighted by Crippen LogP contribution is 2.26. The van der Waals surface area contributed by atoms with Crippen LogP contribution in [0.15, 0.2) is 42.5 Å². The third-order valence-electron chi connectivity index (χ3n) is 7.78. The van der Waals surface area contributed by atoms with E-state index in [1.54, 1.807) is 18.2 Å². The molecular formula is C30H32FN5O4. The predicted molar refractivity (Wildman–Crippen MR) is 147 cm³/mol. The summed E-state index contributed by atoms with van der Waals surface area (Å²) in [5.74, 6) is 4.29. The number of primary amides is 1. The van der Waals surface area contributed by atoms with Crippen molar-refractivity contribution in [1.29, 1.82) is 0 Å². The Bertz CT molecular complexity index is 1370. The van der Waals surface area contributed by atoms with Gasteiger partial charge in [-0.3, -0.25) is 24.5 Å². The number of hydrogen-bond donors (Lipinski definition) is 3. The number of carbonyl (C=O) groups is 4. The molecule has 3 heterocycles. The number of anilines is 1. The smallest absolute Gasteiger partial charge is 0.254 e. The fourth-order valence-corrected chi connectivity index (χ4v) is 5.42. The molecule has 2 aromatic carbocycles. The molecule has 40 heavy (non-hydrogen) atoms. The standard InChI is InChI=1S/C30H32FN5O4/c31-25-15-19(3-8-24(25)29(39)33-26-9-10-27(37)34-30(26)40)1-2-21-17-35(18-21)16-20-11-13-36(14-12-20)23-6-4-22(5-7-23)28(32)38/h3-8,15,20-21,26H,9-14,16-18H2,(H2,32,38)(H,33,39)(H,34,37,40). The number of rotatable bonds is 6.